The van der Waals surface area contributed by atoms with Gasteiger partial charge >= 0.3 is 0 Å². The molecule has 1 N–H and O–H groups in total. The number of para-hydroxylation sites is 1. The average Bonchev–Trinajstić information content (AvgIpc) is 2.68. The zero-order chi connectivity index (χ0) is 11.7. The van der Waals surface area contributed by atoms with Crippen LogP contribution in [0.25, 0.3) is 0 Å². The molecule has 2 aliphatic rings. The van der Waals surface area contributed by atoms with Gasteiger partial charge in [0.05, 0.1) is 6.42 Å². The second-order valence-corrected chi connectivity index (χ2v) is 5.00. The fourth-order valence-corrected chi connectivity index (χ4v) is 2.84. The van der Waals surface area contributed by atoms with Crippen molar-refractivity contribution < 1.29 is 4.79 Å². The van der Waals surface area contributed by atoms with E-state index in [1.54, 1.807) is 0 Å². The zero-order valence-electron chi connectivity index (χ0n) is 9.98. The Labute approximate surface area is 102 Å². The molecule has 0 spiro atoms. The molecule has 0 atom stereocenters. The molecule has 0 saturated carbocycles. The summed E-state index contributed by atoms with van der Waals surface area (Å²) >= 11 is 0. The highest BCUT2D eigenvalue weighted by Crippen LogP contribution is 2.30. The molecule has 3 heteroatoms. The van der Waals surface area contributed by atoms with E-state index in [9.17, 15) is 4.79 Å². The number of benzene rings is 1. The lowest BCUT2D eigenvalue weighted by molar-refractivity contribution is -0.117. The number of hydrogen-bond acceptors (Lipinski definition) is 2. The Morgan fingerprint density at radius 3 is 2.82 bits per heavy atom. The monoisotopic (exact) mass is 230 g/mol. The van der Waals surface area contributed by atoms with Gasteiger partial charge < -0.3 is 10.2 Å². The maximum atomic E-state index is 12.0. The van der Waals surface area contributed by atoms with E-state index in [4.69, 9.17) is 0 Å². The van der Waals surface area contributed by atoms with Gasteiger partial charge in [0.2, 0.25) is 5.91 Å². The van der Waals surface area contributed by atoms with Crippen molar-refractivity contribution >= 4 is 11.6 Å². The minimum absolute atomic E-state index is 0.268. The van der Waals surface area contributed by atoms with E-state index >= 15 is 0 Å². The van der Waals surface area contributed by atoms with Gasteiger partial charge in [0.15, 0.2) is 0 Å². The van der Waals surface area contributed by atoms with Crippen LogP contribution in [0, 0.1) is 5.92 Å². The van der Waals surface area contributed by atoms with Gasteiger partial charge in [0, 0.05) is 12.2 Å². The number of rotatable bonds is 2. The van der Waals surface area contributed by atoms with Gasteiger partial charge in [-0.25, -0.2) is 0 Å². The molecule has 17 heavy (non-hydrogen) atoms. The summed E-state index contributed by atoms with van der Waals surface area (Å²) in [7, 11) is 0. The van der Waals surface area contributed by atoms with E-state index < -0.39 is 0 Å². The van der Waals surface area contributed by atoms with Crippen molar-refractivity contribution in [2.45, 2.75) is 19.3 Å². The van der Waals surface area contributed by atoms with Gasteiger partial charge in [0.25, 0.3) is 0 Å². The highest BCUT2D eigenvalue weighted by atomic mass is 16.2. The average molecular weight is 230 g/mol. The maximum absolute atomic E-state index is 12.0. The lowest BCUT2D eigenvalue weighted by atomic mass is 9.97. The van der Waals surface area contributed by atoms with E-state index in [2.05, 4.69) is 17.4 Å². The molecule has 90 valence electrons. The molecule has 0 radical (unpaired) electrons. The number of anilines is 1. The first-order valence-electron chi connectivity index (χ1n) is 6.43. The third-order valence-corrected chi connectivity index (χ3v) is 3.82. The van der Waals surface area contributed by atoms with Crippen LogP contribution in [0.5, 0.6) is 0 Å². The summed E-state index contributed by atoms with van der Waals surface area (Å²) in [6, 6.07) is 8.17. The van der Waals surface area contributed by atoms with Crippen molar-refractivity contribution in [3.8, 4) is 0 Å². The molecule has 3 nitrogen and oxygen atoms in total. The first-order chi connectivity index (χ1) is 8.34. The summed E-state index contributed by atoms with van der Waals surface area (Å²) in [4.78, 5) is 14.0. The molecule has 0 aliphatic carbocycles. The van der Waals surface area contributed by atoms with Crippen LogP contribution < -0.4 is 10.2 Å². The summed E-state index contributed by atoms with van der Waals surface area (Å²) in [5.41, 5.74) is 2.32. The summed E-state index contributed by atoms with van der Waals surface area (Å²) < 4.78 is 0. The number of nitrogens with zero attached hydrogens (tertiary/aromatic N) is 1. The minimum atomic E-state index is 0.268. The molecule has 1 aromatic rings. The number of carbonyl (C=O) groups excluding carboxylic acids is 1. The Hall–Kier alpha value is -1.35. The second kappa shape index (κ2) is 4.49. The summed E-state index contributed by atoms with van der Waals surface area (Å²) in [5, 5.41) is 3.37. The lowest BCUT2D eigenvalue weighted by Crippen LogP contribution is -2.37. The van der Waals surface area contributed by atoms with Gasteiger partial charge in [-0.15, -0.1) is 0 Å². The van der Waals surface area contributed by atoms with Crippen molar-refractivity contribution in [2.24, 2.45) is 5.92 Å². The van der Waals surface area contributed by atoms with E-state index in [1.807, 2.05) is 17.0 Å². The Morgan fingerprint density at radius 2 is 2.00 bits per heavy atom. The van der Waals surface area contributed by atoms with Gasteiger partial charge in [-0.05, 0) is 43.5 Å². The summed E-state index contributed by atoms with van der Waals surface area (Å²) in [5.74, 6) is 0.927. The molecule has 0 aromatic heterocycles. The van der Waals surface area contributed by atoms with Crippen LogP contribution in [0.3, 0.4) is 0 Å². The molecule has 3 rings (SSSR count). The number of hydrogen-bond donors (Lipinski definition) is 1. The number of piperidine rings is 1. The zero-order valence-corrected chi connectivity index (χ0v) is 9.98. The maximum Gasteiger partial charge on any atom is 0.231 e. The third kappa shape index (κ3) is 2.07. The van der Waals surface area contributed by atoms with E-state index in [0.717, 1.165) is 25.3 Å². The van der Waals surface area contributed by atoms with Crippen molar-refractivity contribution in [1.82, 2.24) is 5.32 Å². The van der Waals surface area contributed by atoms with Crippen LogP contribution in [0.1, 0.15) is 18.4 Å². The number of amides is 1. The number of carbonyl (C=O) groups is 1. The van der Waals surface area contributed by atoms with Crippen LogP contribution in [0.4, 0.5) is 5.69 Å². The quantitative estimate of drug-likeness (QED) is 0.836. The van der Waals surface area contributed by atoms with E-state index in [-0.39, 0.29) is 5.91 Å². The topological polar surface area (TPSA) is 32.3 Å². The molecule has 2 heterocycles. The summed E-state index contributed by atoms with van der Waals surface area (Å²) in [6.45, 7) is 3.08. The molecule has 1 saturated heterocycles. The van der Waals surface area contributed by atoms with Gasteiger partial charge in [-0.2, -0.15) is 0 Å². The smallest absolute Gasteiger partial charge is 0.231 e. The Balaban J connectivity index is 1.76. The molecular weight excluding hydrogens is 212 g/mol. The fraction of sp³-hybridized carbons (Fsp3) is 0.500. The fourth-order valence-electron chi connectivity index (χ4n) is 2.84. The van der Waals surface area contributed by atoms with Gasteiger partial charge in [-0.1, -0.05) is 18.2 Å². The van der Waals surface area contributed by atoms with Crippen molar-refractivity contribution in [1.29, 1.82) is 0 Å². The Morgan fingerprint density at radius 1 is 1.24 bits per heavy atom. The van der Waals surface area contributed by atoms with Crippen LogP contribution >= 0.6 is 0 Å². The summed E-state index contributed by atoms with van der Waals surface area (Å²) in [6.07, 6.45) is 2.96. The van der Waals surface area contributed by atoms with Crippen LogP contribution in [-0.2, 0) is 11.2 Å². The van der Waals surface area contributed by atoms with E-state index in [1.165, 1.54) is 18.4 Å². The van der Waals surface area contributed by atoms with Crippen LogP contribution in [0.15, 0.2) is 24.3 Å². The van der Waals surface area contributed by atoms with E-state index in [0.29, 0.717) is 12.3 Å². The highest BCUT2D eigenvalue weighted by Gasteiger charge is 2.29. The van der Waals surface area contributed by atoms with Crippen molar-refractivity contribution in [3.63, 3.8) is 0 Å². The Bertz CT molecular complexity index is 424. The standard InChI is InChI=1S/C14H18N2O/c17-14-9-12-3-1-2-4-13(12)16(14)10-11-5-7-15-8-6-11/h1-4,11,15H,5-10H2. The van der Waals surface area contributed by atoms with Crippen LogP contribution in [0.2, 0.25) is 0 Å². The lowest BCUT2D eigenvalue weighted by Gasteiger charge is -2.27. The number of fused-ring (bicyclic) bond motifs is 1. The predicted octanol–water partition coefficient (Wildman–Crippen LogP) is 1.58. The SMILES string of the molecule is O=C1Cc2ccccc2N1CC1CCNCC1. The van der Waals surface area contributed by atoms with Gasteiger partial charge in [0.1, 0.15) is 0 Å². The molecule has 2 aliphatic heterocycles. The highest BCUT2D eigenvalue weighted by molar-refractivity contribution is 6.01. The van der Waals surface area contributed by atoms with Crippen LogP contribution in [-0.4, -0.2) is 25.5 Å². The predicted molar refractivity (Wildman–Crippen MR) is 68.1 cm³/mol. The number of nitrogens with one attached hydrogen (secondary N) is 1. The van der Waals surface area contributed by atoms with Crippen molar-refractivity contribution in [2.75, 3.05) is 24.5 Å². The molecule has 1 fully saturated rings. The molecule has 1 aromatic carbocycles. The normalized spacial score (nSPS) is 20.7. The second-order valence-electron chi connectivity index (χ2n) is 5.00. The van der Waals surface area contributed by atoms with Gasteiger partial charge in [-0.3, -0.25) is 4.79 Å². The third-order valence-electron chi connectivity index (χ3n) is 3.82. The first kappa shape index (κ1) is 10.8. The molecular formula is C14H18N2O. The molecule has 0 bridgehead atoms. The minimum Gasteiger partial charge on any atom is -0.317 e. The Kier molecular flexibility index (Phi) is 2.85. The largest absolute Gasteiger partial charge is 0.317 e. The molecule has 0 unspecified atom stereocenters. The molecule has 1 amide bonds. The first-order valence-corrected chi connectivity index (χ1v) is 6.43. The van der Waals surface area contributed by atoms with Crippen molar-refractivity contribution in [3.05, 3.63) is 29.8 Å².